The van der Waals surface area contributed by atoms with Gasteiger partial charge in [0.05, 0.1) is 12.7 Å². The number of fused-ring (bicyclic) bond motifs is 1. The van der Waals surface area contributed by atoms with Gasteiger partial charge >= 0.3 is 0 Å². The van der Waals surface area contributed by atoms with Gasteiger partial charge in [-0.3, -0.25) is 15.1 Å². The molecule has 0 saturated carbocycles. The molecule has 0 fully saturated rings. The Labute approximate surface area is 183 Å². The molecule has 2 heterocycles. The van der Waals surface area contributed by atoms with E-state index in [1.165, 1.54) is 11.8 Å². The smallest absolute Gasteiger partial charge is 0.283 e. The molecule has 0 radical (unpaired) electrons. The van der Waals surface area contributed by atoms with E-state index in [1.807, 2.05) is 37.3 Å². The highest BCUT2D eigenvalue weighted by molar-refractivity contribution is 8.17. The van der Waals surface area contributed by atoms with Crippen LogP contribution in [0.2, 0.25) is 5.02 Å². The van der Waals surface area contributed by atoms with Crippen LogP contribution in [0.5, 0.6) is 11.5 Å². The first-order chi connectivity index (χ1) is 14.4. The third-order valence-corrected chi connectivity index (χ3v) is 5.65. The monoisotopic (exact) mass is 439 g/mol. The number of allylic oxidation sites excluding steroid dienone is 1. The Hall–Kier alpha value is -3.03. The van der Waals surface area contributed by atoms with Gasteiger partial charge < -0.3 is 9.47 Å². The Morgan fingerprint density at radius 3 is 2.70 bits per heavy atom. The Bertz CT molecular complexity index is 1120. The Morgan fingerprint density at radius 1 is 1.20 bits per heavy atom. The SMILES string of the molecule is COc1cc(/C=C2\C(=N)N3C=C(C)SC3=NC2=O)ccc1OCc1ccc(Cl)cc1. The lowest BCUT2D eigenvalue weighted by molar-refractivity contribution is -0.114. The van der Waals surface area contributed by atoms with Gasteiger partial charge in [0.2, 0.25) is 0 Å². The quantitative estimate of drug-likeness (QED) is 0.656. The molecule has 1 amide bonds. The summed E-state index contributed by atoms with van der Waals surface area (Å²) >= 11 is 7.29. The number of aliphatic imine (C=N–C) groups is 1. The maximum Gasteiger partial charge on any atom is 0.283 e. The molecule has 0 bridgehead atoms. The van der Waals surface area contributed by atoms with E-state index < -0.39 is 5.91 Å². The zero-order valence-corrected chi connectivity index (χ0v) is 17.9. The molecule has 0 aliphatic carbocycles. The van der Waals surface area contributed by atoms with Crippen molar-refractivity contribution in [2.75, 3.05) is 7.11 Å². The summed E-state index contributed by atoms with van der Waals surface area (Å²) in [5.74, 6) is 0.791. The topological polar surface area (TPSA) is 75.0 Å². The number of thioether (sulfide) groups is 1. The summed E-state index contributed by atoms with van der Waals surface area (Å²) in [4.78, 5) is 19.1. The van der Waals surface area contributed by atoms with Crippen molar-refractivity contribution in [1.29, 1.82) is 5.41 Å². The predicted octanol–water partition coefficient (Wildman–Crippen LogP) is 5.09. The van der Waals surface area contributed by atoms with Crippen molar-refractivity contribution in [3.8, 4) is 11.5 Å². The normalized spacial score (nSPS) is 17.0. The van der Waals surface area contributed by atoms with Crippen molar-refractivity contribution >= 4 is 46.3 Å². The van der Waals surface area contributed by atoms with Crippen LogP contribution in [0, 0.1) is 5.41 Å². The number of rotatable bonds is 5. The summed E-state index contributed by atoms with van der Waals surface area (Å²) in [6.07, 6.45) is 3.45. The minimum absolute atomic E-state index is 0.108. The average Bonchev–Trinajstić information content (AvgIpc) is 3.11. The van der Waals surface area contributed by atoms with Crippen LogP contribution in [0.15, 0.2) is 64.1 Å². The molecule has 0 unspecified atom stereocenters. The third kappa shape index (κ3) is 4.13. The molecule has 0 atom stereocenters. The zero-order chi connectivity index (χ0) is 21.3. The first-order valence-electron chi connectivity index (χ1n) is 9.09. The second kappa shape index (κ2) is 8.38. The first kappa shape index (κ1) is 20.3. The largest absolute Gasteiger partial charge is 0.493 e. The van der Waals surface area contributed by atoms with Gasteiger partial charge in [0.1, 0.15) is 12.4 Å². The van der Waals surface area contributed by atoms with E-state index in [1.54, 1.807) is 36.4 Å². The van der Waals surface area contributed by atoms with Crippen LogP contribution in [0.25, 0.3) is 6.08 Å². The molecule has 0 saturated heterocycles. The summed E-state index contributed by atoms with van der Waals surface area (Å²) in [5.41, 5.74) is 1.92. The lowest BCUT2D eigenvalue weighted by atomic mass is 10.1. The maximum atomic E-state index is 12.4. The van der Waals surface area contributed by atoms with Gasteiger partial charge in [-0.1, -0.05) is 41.6 Å². The van der Waals surface area contributed by atoms with E-state index in [4.69, 9.17) is 26.5 Å². The summed E-state index contributed by atoms with van der Waals surface area (Å²) in [7, 11) is 1.56. The number of amidine groups is 2. The molecule has 2 aliphatic heterocycles. The highest BCUT2D eigenvalue weighted by atomic mass is 35.5. The highest BCUT2D eigenvalue weighted by Gasteiger charge is 2.32. The van der Waals surface area contributed by atoms with Gasteiger partial charge in [-0.25, -0.2) is 0 Å². The molecule has 2 aromatic rings. The van der Waals surface area contributed by atoms with Crippen molar-refractivity contribution in [2.45, 2.75) is 13.5 Å². The standard InChI is InChI=1S/C22H18ClN3O3S/c1-13-11-26-20(24)17(21(27)25-22(26)30-13)9-15-5-8-18(19(10-15)28-2)29-12-14-3-6-16(23)7-4-14/h3-11,24H,12H2,1-2H3/b17-9+,24-20?. The van der Waals surface area contributed by atoms with Gasteiger partial charge in [0.15, 0.2) is 16.7 Å². The molecule has 8 heteroatoms. The van der Waals surface area contributed by atoms with Crippen LogP contribution in [0.4, 0.5) is 0 Å². The molecule has 2 aromatic carbocycles. The van der Waals surface area contributed by atoms with Crippen molar-refractivity contribution < 1.29 is 14.3 Å². The van der Waals surface area contributed by atoms with E-state index in [9.17, 15) is 4.79 Å². The van der Waals surface area contributed by atoms with Crippen molar-refractivity contribution in [3.63, 3.8) is 0 Å². The lowest BCUT2D eigenvalue weighted by Crippen LogP contribution is -2.35. The number of ether oxygens (including phenoxy) is 2. The predicted molar refractivity (Wildman–Crippen MR) is 120 cm³/mol. The molecule has 6 nitrogen and oxygen atoms in total. The molecule has 2 aliphatic rings. The van der Waals surface area contributed by atoms with E-state index >= 15 is 0 Å². The number of carbonyl (C=O) groups excluding carboxylic acids is 1. The molecule has 30 heavy (non-hydrogen) atoms. The minimum Gasteiger partial charge on any atom is -0.493 e. The van der Waals surface area contributed by atoms with Crippen LogP contribution >= 0.6 is 23.4 Å². The third-order valence-electron chi connectivity index (χ3n) is 4.50. The zero-order valence-electron chi connectivity index (χ0n) is 16.3. The second-order valence-corrected chi connectivity index (χ2v) is 8.29. The van der Waals surface area contributed by atoms with Crippen molar-refractivity contribution in [2.24, 2.45) is 4.99 Å². The number of hydrogen-bond donors (Lipinski definition) is 1. The highest BCUT2D eigenvalue weighted by Crippen LogP contribution is 2.34. The number of nitrogens with zero attached hydrogens (tertiary/aromatic N) is 2. The van der Waals surface area contributed by atoms with Gasteiger partial charge in [-0.15, -0.1) is 0 Å². The van der Waals surface area contributed by atoms with Crippen LogP contribution in [0.3, 0.4) is 0 Å². The summed E-state index contributed by atoms with van der Waals surface area (Å²) in [6, 6.07) is 12.8. The maximum absolute atomic E-state index is 12.4. The fourth-order valence-corrected chi connectivity index (χ4v) is 3.95. The number of halogens is 1. The Kier molecular flexibility index (Phi) is 5.65. The number of benzene rings is 2. The molecular formula is C22H18ClN3O3S. The van der Waals surface area contributed by atoms with Gasteiger partial charge in [-0.05, 0) is 48.4 Å². The van der Waals surface area contributed by atoms with Crippen LogP contribution < -0.4 is 9.47 Å². The van der Waals surface area contributed by atoms with Crippen molar-refractivity contribution in [3.05, 3.63) is 75.3 Å². The second-order valence-electron chi connectivity index (χ2n) is 6.64. The summed E-state index contributed by atoms with van der Waals surface area (Å²) in [5, 5.41) is 9.58. The molecule has 4 rings (SSSR count). The molecule has 0 spiro atoms. The van der Waals surface area contributed by atoms with Crippen molar-refractivity contribution in [1.82, 2.24) is 4.90 Å². The Balaban J connectivity index is 1.56. The van der Waals surface area contributed by atoms with E-state index in [0.29, 0.717) is 33.9 Å². The van der Waals surface area contributed by atoms with Crippen LogP contribution in [0.1, 0.15) is 18.1 Å². The van der Waals surface area contributed by atoms with Gasteiger partial charge in [-0.2, -0.15) is 4.99 Å². The number of nitrogens with one attached hydrogen (secondary N) is 1. The van der Waals surface area contributed by atoms with Crippen LogP contribution in [-0.4, -0.2) is 28.9 Å². The fourth-order valence-electron chi connectivity index (χ4n) is 3.00. The lowest BCUT2D eigenvalue weighted by Gasteiger charge is -2.22. The van der Waals surface area contributed by atoms with Gasteiger partial charge in [0, 0.05) is 16.1 Å². The molecule has 1 N–H and O–H groups in total. The minimum atomic E-state index is -0.427. The summed E-state index contributed by atoms with van der Waals surface area (Å²) < 4.78 is 11.3. The van der Waals surface area contributed by atoms with E-state index in [0.717, 1.165) is 10.5 Å². The number of carbonyl (C=O) groups is 1. The number of amides is 1. The fraction of sp³-hybridized carbons (Fsp3) is 0.136. The van der Waals surface area contributed by atoms with Crippen LogP contribution in [-0.2, 0) is 11.4 Å². The van der Waals surface area contributed by atoms with E-state index in [2.05, 4.69) is 4.99 Å². The number of methoxy groups -OCH3 is 1. The number of hydrogen-bond acceptors (Lipinski definition) is 5. The molecule has 152 valence electrons. The average molecular weight is 440 g/mol. The van der Waals surface area contributed by atoms with E-state index in [-0.39, 0.29) is 11.4 Å². The summed E-state index contributed by atoms with van der Waals surface area (Å²) in [6.45, 7) is 2.28. The Morgan fingerprint density at radius 2 is 1.97 bits per heavy atom. The molecule has 0 aromatic heterocycles. The van der Waals surface area contributed by atoms with Gasteiger partial charge in [0.25, 0.3) is 5.91 Å². The molecular weight excluding hydrogens is 422 g/mol. The first-order valence-corrected chi connectivity index (χ1v) is 10.3.